The molecular formula is C22H21N3O2S2. The molecule has 1 aliphatic rings. The summed E-state index contributed by atoms with van der Waals surface area (Å²) in [5.74, 6) is 1.69. The van der Waals surface area contributed by atoms with Gasteiger partial charge in [0.1, 0.15) is 11.4 Å². The molecule has 0 unspecified atom stereocenters. The van der Waals surface area contributed by atoms with Gasteiger partial charge < -0.3 is 8.98 Å². The normalized spacial score (nSPS) is 14.0. The van der Waals surface area contributed by atoms with Crippen molar-refractivity contribution in [2.75, 3.05) is 0 Å². The van der Waals surface area contributed by atoms with E-state index >= 15 is 0 Å². The summed E-state index contributed by atoms with van der Waals surface area (Å²) in [6.45, 7) is 2.09. The summed E-state index contributed by atoms with van der Waals surface area (Å²) < 4.78 is 7.73. The van der Waals surface area contributed by atoms with Crippen LogP contribution in [0.25, 0.3) is 11.0 Å². The molecule has 29 heavy (non-hydrogen) atoms. The van der Waals surface area contributed by atoms with E-state index in [4.69, 9.17) is 4.42 Å². The Morgan fingerprint density at radius 1 is 1.24 bits per heavy atom. The van der Waals surface area contributed by atoms with E-state index in [0.717, 1.165) is 40.3 Å². The van der Waals surface area contributed by atoms with E-state index in [1.807, 2.05) is 6.07 Å². The molecule has 5 nitrogen and oxygen atoms in total. The SMILES string of the molecule is CCc1ccc2c(CSc3nnc(Cc4cccs4)n3C3CC3)cc(=O)oc2c1. The van der Waals surface area contributed by atoms with Crippen LogP contribution < -0.4 is 5.63 Å². The summed E-state index contributed by atoms with van der Waals surface area (Å²) in [5.41, 5.74) is 2.50. The van der Waals surface area contributed by atoms with E-state index in [0.29, 0.717) is 17.4 Å². The number of aromatic nitrogens is 3. The Morgan fingerprint density at radius 2 is 2.14 bits per heavy atom. The van der Waals surface area contributed by atoms with Crippen LogP contribution in [-0.2, 0) is 18.6 Å². The lowest BCUT2D eigenvalue weighted by molar-refractivity contribution is 0.559. The lowest BCUT2D eigenvalue weighted by Gasteiger charge is -2.09. The smallest absolute Gasteiger partial charge is 0.336 e. The van der Waals surface area contributed by atoms with Gasteiger partial charge in [-0.2, -0.15) is 0 Å². The molecule has 5 rings (SSSR count). The zero-order chi connectivity index (χ0) is 19.8. The largest absolute Gasteiger partial charge is 0.423 e. The molecule has 0 spiro atoms. The quantitative estimate of drug-likeness (QED) is 0.301. The standard InChI is InChI=1S/C22H21N3O2S2/c1-2-14-5-8-18-15(11-21(26)27-19(18)10-14)13-29-22-24-23-20(25(22)16-6-7-16)12-17-4-3-9-28-17/h3-5,8-11,16H,2,6-7,12-13H2,1H3. The summed E-state index contributed by atoms with van der Waals surface area (Å²) in [7, 11) is 0. The fraction of sp³-hybridized carbons (Fsp3) is 0.318. The monoisotopic (exact) mass is 423 g/mol. The van der Waals surface area contributed by atoms with Gasteiger partial charge in [0, 0.05) is 34.5 Å². The van der Waals surface area contributed by atoms with E-state index < -0.39 is 0 Å². The lowest BCUT2D eigenvalue weighted by Crippen LogP contribution is -2.04. The van der Waals surface area contributed by atoms with Crippen LogP contribution in [0.15, 0.2) is 56.1 Å². The molecule has 0 atom stereocenters. The molecule has 3 heterocycles. The molecule has 0 aliphatic heterocycles. The molecule has 0 N–H and O–H groups in total. The average molecular weight is 424 g/mol. The van der Waals surface area contributed by atoms with Gasteiger partial charge in [-0.25, -0.2) is 4.79 Å². The third-order valence-corrected chi connectivity index (χ3v) is 7.09. The van der Waals surface area contributed by atoms with E-state index in [1.165, 1.54) is 17.7 Å². The highest BCUT2D eigenvalue weighted by Gasteiger charge is 2.29. The van der Waals surface area contributed by atoms with Crippen LogP contribution >= 0.6 is 23.1 Å². The second kappa shape index (κ2) is 7.80. The van der Waals surface area contributed by atoms with Crippen molar-refractivity contribution >= 4 is 34.1 Å². The van der Waals surface area contributed by atoms with Gasteiger partial charge in [0.25, 0.3) is 0 Å². The van der Waals surface area contributed by atoms with E-state index in [2.05, 4.69) is 51.3 Å². The molecule has 7 heteroatoms. The number of thiophene rings is 1. The van der Waals surface area contributed by atoms with Gasteiger partial charge in [0.05, 0.1) is 0 Å². The number of hydrogen-bond acceptors (Lipinski definition) is 6. The Kier molecular flexibility index (Phi) is 5.01. The Labute approximate surface area is 176 Å². The minimum Gasteiger partial charge on any atom is -0.423 e. The minimum absolute atomic E-state index is 0.302. The van der Waals surface area contributed by atoms with E-state index in [9.17, 15) is 4.79 Å². The number of rotatable bonds is 7. The summed E-state index contributed by atoms with van der Waals surface area (Å²) >= 11 is 3.40. The van der Waals surface area contributed by atoms with Crippen molar-refractivity contribution in [2.45, 2.75) is 49.6 Å². The maximum Gasteiger partial charge on any atom is 0.336 e. The third kappa shape index (κ3) is 3.89. The number of aryl methyl sites for hydroxylation is 1. The van der Waals surface area contributed by atoms with Gasteiger partial charge >= 0.3 is 5.63 Å². The molecular weight excluding hydrogens is 402 g/mol. The first kappa shape index (κ1) is 18.6. The van der Waals surface area contributed by atoms with Gasteiger partial charge in [-0.3, -0.25) is 0 Å². The molecule has 1 saturated carbocycles. The van der Waals surface area contributed by atoms with Crippen LogP contribution in [0, 0.1) is 0 Å². The minimum atomic E-state index is -0.302. The van der Waals surface area contributed by atoms with Crippen LogP contribution in [0.1, 0.15) is 47.6 Å². The predicted octanol–water partition coefficient (Wildman–Crippen LogP) is 5.23. The number of thioether (sulfide) groups is 1. The van der Waals surface area contributed by atoms with Crippen molar-refractivity contribution < 1.29 is 4.42 Å². The molecule has 0 bridgehead atoms. The van der Waals surface area contributed by atoms with Gasteiger partial charge in [0.2, 0.25) is 0 Å². The molecule has 1 aliphatic carbocycles. The highest BCUT2D eigenvalue weighted by atomic mass is 32.2. The number of benzene rings is 1. The maximum atomic E-state index is 12.1. The van der Waals surface area contributed by atoms with E-state index in [-0.39, 0.29) is 5.63 Å². The van der Waals surface area contributed by atoms with Crippen LogP contribution in [0.4, 0.5) is 0 Å². The molecule has 0 amide bonds. The Morgan fingerprint density at radius 3 is 2.90 bits per heavy atom. The zero-order valence-corrected chi connectivity index (χ0v) is 17.8. The van der Waals surface area contributed by atoms with Gasteiger partial charge in [-0.15, -0.1) is 21.5 Å². The highest BCUT2D eigenvalue weighted by Crippen LogP contribution is 2.40. The molecule has 1 aromatic carbocycles. The highest BCUT2D eigenvalue weighted by molar-refractivity contribution is 7.98. The second-order valence-corrected chi connectivity index (χ2v) is 9.29. The van der Waals surface area contributed by atoms with Gasteiger partial charge in [-0.05, 0) is 47.9 Å². The lowest BCUT2D eigenvalue weighted by atomic mass is 10.1. The van der Waals surface area contributed by atoms with E-state index in [1.54, 1.807) is 29.2 Å². The van der Waals surface area contributed by atoms with Crippen molar-refractivity contribution in [3.63, 3.8) is 0 Å². The molecule has 4 aromatic rings. The number of hydrogen-bond donors (Lipinski definition) is 0. The Balaban J connectivity index is 1.43. The van der Waals surface area contributed by atoms with Crippen LogP contribution in [0.2, 0.25) is 0 Å². The fourth-order valence-corrected chi connectivity index (χ4v) is 5.27. The summed E-state index contributed by atoms with van der Waals surface area (Å²) in [6.07, 6.45) is 4.09. The number of fused-ring (bicyclic) bond motifs is 1. The third-order valence-electron chi connectivity index (χ3n) is 5.22. The average Bonchev–Trinajstić information content (AvgIpc) is 3.28. The van der Waals surface area contributed by atoms with Crippen molar-refractivity contribution in [2.24, 2.45) is 0 Å². The Hall–Kier alpha value is -2.38. The first-order valence-electron chi connectivity index (χ1n) is 9.86. The van der Waals surface area contributed by atoms with Crippen molar-refractivity contribution in [3.05, 3.63) is 74.0 Å². The van der Waals surface area contributed by atoms with Crippen LogP contribution in [0.5, 0.6) is 0 Å². The predicted molar refractivity (Wildman–Crippen MR) is 117 cm³/mol. The van der Waals surface area contributed by atoms with Crippen molar-refractivity contribution in [1.82, 2.24) is 14.8 Å². The maximum absolute atomic E-state index is 12.1. The summed E-state index contributed by atoms with van der Waals surface area (Å²) in [5, 5.41) is 13.0. The summed E-state index contributed by atoms with van der Waals surface area (Å²) in [6, 6.07) is 12.4. The molecule has 148 valence electrons. The Bertz CT molecular complexity index is 1210. The second-order valence-electron chi connectivity index (χ2n) is 7.32. The van der Waals surface area contributed by atoms with Gasteiger partial charge in [0.15, 0.2) is 5.16 Å². The molecule has 0 saturated heterocycles. The first-order chi connectivity index (χ1) is 14.2. The van der Waals surface area contributed by atoms with Crippen LogP contribution in [-0.4, -0.2) is 14.8 Å². The topological polar surface area (TPSA) is 60.9 Å². The van der Waals surface area contributed by atoms with Crippen LogP contribution in [0.3, 0.4) is 0 Å². The summed E-state index contributed by atoms with van der Waals surface area (Å²) in [4.78, 5) is 13.4. The molecule has 0 radical (unpaired) electrons. The van der Waals surface area contributed by atoms with Crippen molar-refractivity contribution in [3.8, 4) is 0 Å². The van der Waals surface area contributed by atoms with Gasteiger partial charge in [-0.1, -0.05) is 36.9 Å². The fourth-order valence-electron chi connectivity index (χ4n) is 3.55. The molecule has 3 aromatic heterocycles. The number of nitrogens with zero attached hydrogens (tertiary/aromatic N) is 3. The first-order valence-corrected chi connectivity index (χ1v) is 11.7. The van der Waals surface area contributed by atoms with Crippen molar-refractivity contribution in [1.29, 1.82) is 0 Å². The molecule has 1 fully saturated rings. The zero-order valence-electron chi connectivity index (χ0n) is 16.1.